The van der Waals surface area contributed by atoms with Gasteiger partial charge < -0.3 is 15.4 Å². The highest BCUT2D eigenvalue weighted by atomic mass is 32.2. The molecule has 32 heavy (non-hydrogen) atoms. The molecule has 2 N–H and O–H groups in total. The van der Waals surface area contributed by atoms with Crippen LogP contribution in [-0.4, -0.2) is 83.1 Å². The van der Waals surface area contributed by atoms with Crippen LogP contribution in [0.15, 0.2) is 24.5 Å². The topological polar surface area (TPSA) is 132 Å². The first-order valence-corrected chi connectivity index (χ1v) is 12.5. The number of ether oxygens (including phenoxy) is 1. The van der Waals surface area contributed by atoms with Gasteiger partial charge in [0.05, 0.1) is 42.8 Å². The Morgan fingerprint density at radius 1 is 1.06 bits per heavy atom. The maximum atomic E-state index is 11.9. The molecular formula is C20H26N8O3S. The second kappa shape index (κ2) is 8.26. The molecule has 3 aromatic rings. The van der Waals surface area contributed by atoms with Crippen molar-refractivity contribution < 1.29 is 13.2 Å². The smallest absolute Gasteiger partial charge is 0.228 e. The van der Waals surface area contributed by atoms with E-state index in [4.69, 9.17) is 20.4 Å². The zero-order valence-corrected chi connectivity index (χ0v) is 18.7. The zero-order valence-electron chi connectivity index (χ0n) is 17.9. The highest BCUT2D eigenvalue weighted by molar-refractivity contribution is 7.88. The van der Waals surface area contributed by atoms with Gasteiger partial charge in [0.15, 0.2) is 5.65 Å². The summed E-state index contributed by atoms with van der Waals surface area (Å²) in [6, 6.07) is 3.72. The van der Waals surface area contributed by atoms with Gasteiger partial charge in [-0.3, -0.25) is 0 Å². The molecule has 0 saturated carbocycles. The SMILES string of the molecule is CS(=O)(=O)N1CCC(n2ncc3c(-c4ccc(N)nc4)nc(N4CCOCC4)nc32)CC1. The Hall–Kier alpha value is -2.83. The molecule has 0 aromatic carbocycles. The molecule has 0 bridgehead atoms. The molecule has 2 fully saturated rings. The highest BCUT2D eigenvalue weighted by Gasteiger charge is 2.28. The zero-order chi connectivity index (χ0) is 22.3. The van der Waals surface area contributed by atoms with Gasteiger partial charge in [-0.15, -0.1) is 0 Å². The first kappa shape index (κ1) is 21.0. The molecule has 12 heteroatoms. The molecule has 170 valence electrons. The number of nitrogens with zero attached hydrogens (tertiary/aromatic N) is 7. The van der Waals surface area contributed by atoms with Crippen LogP contribution < -0.4 is 10.6 Å². The quantitative estimate of drug-likeness (QED) is 0.605. The van der Waals surface area contributed by atoms with E-state index in [0.29, 0.717) is 64.0 Å². The summed E-state index contributed by atoms with van der Waals surface area (Å²) in [6.07, 6.45) is 6.11. The molecular weight excluding hydrogens is 432 g/mol. The average Bonchev–Trinajstić information content (AvgIpc) is 3.23. The molecule has 5 heterocycles. The standard InChI is InChI=1S/C20H26N8O3S/c1-32(29,30)27-6-4-15(5-7-27)28-19-16(13-23-28)18(14-2-3-17(21)22-12-14)24-20(25-19)26-8-10-31-11-9-26/h2-3,12-13,15H,4-11H2,1H3,(H2,21,22). The maximum Gasteiger partial charge on any atom is 0.228 e. The van der Waals surface area contributed by atoms with Gasteiger partial charge in [0.1, 0.15) is 5.82 Å². The van der Waals surface area contributed by atoms with Crippen LogP contribution in [0, 0.1) is 0 Å². The highest BCUT2D eigenvalue weighted by Crippen LogP contribution is 2.32. The third-order valence-electron chi connectivity index (χ3n) is 6.03. The normalized spacial score (nSPS) is 19.0. The van der Waals surface area contributed by atoms with Crippen molar-refractivity contribution in [3.63, 3.8) is 0 Å². The molecule has 3 aromatic heterocycles. The van der Waals surface area contributed by atoms with Crippen LogP contribution in [0.1, 0.15) is 18.9 Å². The summed E-state index contributed by atoms with van der Waals surface area (Å²) in [5.74, 6) is 1.07. The summed E-state index contributed by atoms with van der Waals surface area (Å²) < 4.78 is 32.7. The second-order valence-corrected chi connectivity index (χ2v) is 10.1. The number of rotatable bonds is 4. The number of aromatic nitrogens is 5. The van der Waals surface area contributed by atoms with E-state index in [0.717, 1.165) is 22.3 Å². The number of hydrogen-bond donors (Lipinski definition) is 1. The molecule has 0 radical (unpaired) electrons. The monoisotopic (exact) mass is 458 g/mol. The lowest BCUT2D eigenvalue weighted by Crippen LogP contribution is -2.38. The Balaban J connectivity index is 1.56. The molecule has 2 saturated heterocycles. The van der Waals surface area contributed by atoms with Crippen molar-refractivity contribution in [3.8, 4) is 11.3 Å². The van der Waals surface area contributed by atoms with Crippen molar-refractivity contribution in [1.29, 1.82) is 0 Å². The Kier molecular flexibility index (Phi) is 5.43. The van der Waals surface area contributed by atoms with Gasteiger partial charge in [-0.05, 0) is 25.0 Å². The number of morpholine rings is 1. The number of piperidine rings is 1. The number of nitrogens with two attached hydrogens (primary N) is 1. The molecule has 0 aliphatic carbocycles. The lowest BCUT2D eigenvalue weighted by atomic mass is 10.1. The minimum atomic E-state index is -3.19. The first-order valence-electron chi connectivity index (χ1n) is 10.6. The first-order chi connectivity index (χ1) is 15.4. The van der Waals surface area contributed by atoms with Crippen LogP contribution >= 0.6 is 0 Å². The van der Waals surface area contributed by atoms with E-state index in [1.165, 1.54) is 10.6 Å². The predicted molar refractivity (Wildman–Crippen MR) is 121 cm³/mol. The molecule has 0 spiro atoms. The Morgan fingerprint density at radius 3 is 2.47 bits per heavy atom. The number of nitrogen functional groups attached to an aromatic ring is 1. The lowest BCUT2D eigenvalue weighted by Gasteiger charge is -2.30. The fourth-order valence-electron chi connectivity index (χ4n) is 4.27. The lowest BCUT2D eigenvalue weighted by molar-refractivity contribution is 0.122. The number of sulfonamides is 1. The van der Waals surface area contributed by atoms with Gasteiger partial charge in [-0.1, -0.05) is 0 Å². The molecule has 2 aliphatic heterocycles. The second-order valence-electron chi connectivity index (χ2n) is 8.16. The maximum absolute atomic E-state index is 11.9. The van der Waals surface area contributed by atoms with Crippen molar-refractivity contribution in [2.24, 2.45) is 0 Å². The van der Waals surface area contributed by atoms with Gasteiger partial charge >= 0.3 is 0 Å². The van der Waals surface area contributed by atoms with Crippen LogP contribution in [0.2, 0.25) is 0 Å². The number of anilines is 2. The van der Waals surface area contributed by atoms with Gasteiger partial charge in [0.2, 0.25) is 16.0 Å². The van der Waals surface area contributed by atoms with Gasteiger partial charge in [-0.25, -0.2) is 27.4 Å². The van der Waals surface area contributed by atoms with E-state index in [-0.39, 0.29) is 6.04 Å². The van der Waals surface area contributed by atoms with E-state index >= 15 is 0 Å². The van der Waals surface area contributed by atoms with E-state index < -0.39 is 10.0 Å². The van der Waals surface area contributed by atoms with E-state index in [9.17, 15) is 8.42 Å². The van der Waals surface area contributed by atoms with Gasteiger partial charge in [0.25, 0.3) is 0 Å². The summed E-state index contributed by atoms with van der Waals surface area (Å²) in [5.41, 5.74) is 8.11. The van der Waals surface area contributed by atoms with Crippen LogP contribution in [0.3, 0.4) is 0 Å². The Bertz CT molecular complexity index is 1210. The number of fused-ring (bicyclic) bond motifs is 1. The average molecular weight is 459 g/mol. The van der Waals surface area contributed by atoms with Crippen molar-refractivity contribution >= 4 is 32.8 Å². The van der Waals surface area contributed by atoms with Crippen LogP contribution in [0.5, 0.6) is 0 Å². The summed E-state index contributed by atoms with van der Waals surface area (Å²) in [4.78, 5) is 16.1. The van der Waals surface area contributed by atoms with Crippen LogP contribution in [0.25, 0.3) is 22.3 Å². The summed E-state index contributed by atoms with van der Waals surface area (Å²) in [6.45, 7) is 3.63. The van der Waals surface area contributed by atoms with E-state index in [1.807, 2.05) is 10.7 Å². The predicted octanol–water partition coefficient (Wildman–Crippen LogP) is 0.904. The molecule has 2 aliphatic rings. The van der Waals surface area contributed by atoms with Crippen molar-refractivity contribution in [2.45, 2.75) is 18.9 Å². The summed E-state index contributed by atoms with van der Waals surface area (Å²) in [5, 5.41) is 5.49. The number of hydrogen-bond acceptors (Lipinski definition) is 9. The third-order valence-corrected chi connectivity index (χ3v) is 7.34. The minimum Gasteiger partial charge on any atom is -0.384 e. The fraction of sp³-hybridized carbons (Fsp3) is 0.500. The van der Waals surface area contributed by atoms with Crippen LogP contribution in [-0.2, 0) is 14.8 Å². The van der Waals surface area contributed by atoms with Gasteiger partial charge in [-0.2, -0.15) is 10.1 Å². The van der Waals surface area contributed by atoms with Crippen LogP contribution in [0.4, 0.5) is 11.8 Å². The molecule has 0 amide bonds. The molecule has 11 nitrogen and oxygen atoms in total. The Morgan fingerprint density at radius 2 is 1.81 bits per heavy atom. The molecule has 0 atom stereocenters. The number of pyridine rings is 1. The molecule has 0 unspecified atom stereocenters. The van der Waals surface area contributed by atoms with E-state index in [2.05, 4.69) is 15.0 Å². The van der Waals surface area contributed by atoms with Gasteiger partial charge in [0, 0.05) is 37.9 Å². The minimum absolute atomic E-state index is 0.0651. The van der Waals surface area contributed by atoms with Crippen molar-refractivity contribution in [3.05, 3.63) is 24.5 Å². The summed E-state index contributed by atoms with van der Waals surface area (Å²) in [7, 11) is -3.19. The van der Waals surface area contributed by atoms with Crippen molar-refractivity contribution in [2.75, 3.05) is 56.3 Å². The van der Waals surface area contributed by atoms with Crippen molar-refractivity contribution in [1.82, 2.24) is 29.0 Å². The molecule has 5 rings (SSSR count). The third kappa shape index (κ3) is 4.00. The Labute approximate surface area is 186 Å². The largest absolute Gasteiger partial charge is 0.384 e. The summed E-state index contributed by atoms with van der Waals surface area (Å²) >= 11 is 0. The van der Waals surface area contributed by atoms with E-state index in [1.54, 1.807) is 18.5 Å². The fourth-order valence-corrected chi connectivity index (χ4v) is 5.14.